The maximum Gasteiger partial charge on any atom is 0.0951 e. The minimum atomic E-state index is 0.291. The van der Waals surface area contributed by atoms with Crippen molar-refractivity contribution < 1.29 is 4.74 Å². The Kier molecular flexibility index (Phi) is 1.57. The highest BCUT2D eigenvalue weighted by molar-refractivity contribution is 5.21. The molecule has 3 saturated carbocycles. The van der Waals surface area contributed by atoms with Crippen LogP contribution >= 0.6 is 0 Å². The quantitative estimate of drug-likeness (QED) is 0.569. The van der Waals surface area contributed by atoms with Crippen molar-refractivity contribution >= 4 is 0 Å². The topological polar surface area (TPSA) is 12.5 Å². The standard InChI is InChI=1S/C15H24O/c1-8-5-6-9-12(8)13-10(14(13,2)3)7-11-15(9,4)16-11/h8-13H,5-7H2,1-4H3. The molecule has 1 heterocycles. The zero-order valence-electron chi connectivity index (χ0n) is 11.0. The van der Waals surface area contributed by atoms with Crippen LogP contribution in [0.15, 0.2) is 0 Å². The van der Waals surface area contributed by atoms with Crippen molar-refractivity contribution in [1.29, 1.82) is 0 Å². The molecule has 1 nitrogen and oxygen atoms in total. The first-order valence-electron chi connectivity index (χ1n) is 7.14. The van der Waals surface area contributed by atoms with Gasteiger partial charge in [0.05, 0.1) is 11.7 Å². The van der Waals surface area contributed by atoms with Gasteiger partial charge in [-0.1, -0.05) is 27.2 Å². The molecule has 1 aliphatic heterocycles. The molecule has 7 unspecified atom stereocenters. The van der Waals surface area contributed by atoms with E-state index >= 15 is 0 Å². The third-order valence-electron chi connectivity index (χ3n) is 6.79. The molecule has 0 aromatic rings. The molecule has 3 aliphatic carbocycles. The lowest BCUT2D eigenvalue weighted by Crippen LogP contribution is -2.30. The number of hydrogen-bond acceptors (Lipinski definition) is 1. The van der Waals surface area contributed by atoms with Gasteiger partial charge in [0.25, 0.3) is 0 Å². The molecule has 0 N–H and O–H groups in total. The van der Waals surface area contributed by atoms with Crippen LogP contribution in [0.2, 0.25) is 0 Å². The molecule has 0 bridgehead atoms. The van der Waals surface area contributed by atoms with Crippen LogP contribution in [0.25, 0.3) is 0 Å². The summed E-state index contributed by atoms with van der Waals surface area (Å²) >= 11 is 0. The minimum absolute atomic E-state index is 0.291. The highest BCUT2D eigenvalue weighted by atomic mass is 16.6. The Balaban J connectivity index is 1.74. The maximum atomic E-state index is 6.10. The van der Waals surface area contributed by atoms with E-state index in [9.17, 15) is 0 Å². The van der Waals surface area contributed by atoms with Crippen molar-refractivity contribution in [1.82, 2.24) is 0 Å². The molecule has 7 atom stereocenters. The first-order valence-corrected chi connectivity index (χ1v) is 7.14. The van der Waals surface area contributed by atoms with E-state index in [1.807, 2.05) is 0 Å². The normalized spacial score (nSPS) is 65.2. The average Bonchev–Trinajstić information content (AvgIpc) is 2.91. The molecular weight excluding hydrogens is 196 g/mol. The first-order chi connectivity index (χ1) is 7.46. The largest absolute Gasteiger partial charge is 0.366 e. The summed E-state index contributed by atoms with van der Waals surface area (Å²) in [5.41, 5.74) is 0.910. The Morgan fingerprint density at radius 3 is 2.56 bits per heavy atom. The fourth-order valence-corrected chi connectivity index (χ4v) is 5.61. The van der Waals surface area contributed by atoms with Gasteiger partial charge in [-0.2, -0.15) is 0 Å². The average molecular weight is 220 g/mol. The Labute approximate surface area is 98.9 Å². The van der Waals surface area contributed by atoms with Gasteiger partial charge in [-0.15, -0.1) is 0 Å². The highest BCUT2D eigenvalue weighted by Gasteiger charge is 2.74. The summed E-state index contributed by atoms with van der Waals surface area (Å²) in [6, 6.07) is 0. The molecule has 0 amide bonds. The summed E-state index contributed by atoms with van der Waals surface area (Å²) < 4.78 is 6.10. The van der Waals surface area contributed by atoms with Crippen LogP contribution in [0.4, 0.5) is 0 Å². The number of fused-ring (bicyclic) bond motifs is 5. The Morgan fingerprint density at radius 1 is 1.06 bits per heavy atom. The molecule has 4 fully saturated rings. The van der Waals surface area contributed by atoms with Crippen LogP contribution in [-0.2, 0) is 4.74 Å². The molecule has 0 aromatic heterocycles. The summed E-state index contributed by atoms with van der Waals surface area (Å²) in [5, 5.41) is 0. The van der Waals surface area contributed by atoms with Gasteiger partial charge in [-0.05, 0) is 54.8 Å². The summed E-state index contributed by atoms with van der Waals surface area (Å²) in [6.07, 6.45) is 4.84. The number of hydrogen-bond donors (Lipinski definition) is 0. The van der Waals surface area contributed by atoms with E-state index in [0.29, 0.717) is 17.1 Å². The van der Waals surface area contributed by atoms with Crippen LogP contribution < -0.4 is 0 Å². The van der Waals surface area contributed by atoms with Gasteiger partial charge < -0.3 is 4.74 Å². The lowest BCUT2D eigenvalue weighted by molar-refractivity contribution is 0.149. The number of ether oxygens (including phenoxy) is 1. The molecule has 0 spiro atoms. The molecular formula is C15H24O. The lowest BCUT2D eigenvalue weighted by atomic mass is 9.76. The lowest BCUT2D eigenvalue weighted by Gasteiger charge is -2.27. The molecule has 4 rings (SSSR count). The summed E-state index contributed by atoms with van der Waals surface area (Å²) in [4.78, 5) is 0. The number of rotatable bonds is 0. The second-order valence-electron chi connectivity index (χ2n) is 7.72. The summed E-state index contributed by atoms with van der Waals surface area (Å²) in [5.74, 6) is 4.78. The van der Waals surface area contributed by atoms with Gasteiger partial charge in [0, 0.05) is 0 Å². The third-order valence-corrected chi connectivity index (χ3v) is 6.79. The van der Waals surface area contributed by atoms with Gasteiger partial charge in [0.15, 0.2) is 0 Å². The predicted molar refractivity (Wildman–Crippen MR) is 64.0 cm³/mol. The van der Waals surface area contributed by atoms with E-state index in [0.717, 1.165) is 29.6 Å². The van der Waals surface area contributed by atoms with E-state index in [1.54, 1.807) is 0 Å². The van der Waals surface area contributed by atoms with Crippen LogP contribution in [0.5, 0.6) is 0 Å². The van der Waals surface area contributed by atoms with E-state index in [-0.39, 0.29) is 0 Å². The summed E-state index contributed by atoms with van der Waals surface area (Å²) in [7, 11) is 0. The smallest absolute Gasteiger partial charge is 0.0951 e. The molecule has 0 radical (unpaired) electrons. The predicted octanol–water partition coefficient (Wildman–Crippen LogP) is 3.48. The van der Waals surface area contributed by atoms with E-state index in [2.05, 4.69) is 27.7 Å². The van der Waals surface area contributed by atoms with E-state index in [1.165, 1.54) is 19.3 Å². The monoisotopic (exact) mass is 220 g/mol. The van der Waals surface area contributed by atoms with Crippen LogP contribution in [0.3, 0.4) is 0 Å². The maximum absolute atomic E-state index is 6.10. The number of epoxide rings is 1. The Morgan fingerprint density at radius 2 is 1.81 bits per heavy atom. The first kappa shape index (κ1) is 9.94. The van der Waals surface area contributed by atoms with Crippen molar-refractivity contribution in [2.45, 2.75) is 58.7 Å². The summed E-state index contributed by atoms with van der Waals surface area (Å²) in [6.45, 7) is 9.87. The van der Waals surface area contributed by atoms with Crippen LogP contribution in [-0.4, -0.2) is 11.7 Å². The molecule has 4 aliphatic rings. The highest BCUT2D eigenvalue weighted by Crippen LogP contribution is 2.74. The minimum Gasteiger partial charge on any atom is -0.366 e. The Bertz CT molecular complexity index is 347. The fraction of sp³-hybridized carbons (Fsp3) is 1.00. The van der Waals surface area contributed by atoms with Crippen LogP contribution in [0.1, 0.15) is 47.0 Å². The second-order valence-corrected chi connectivity index (χ2v) is 7.72. The van der Waals surface area contributed by atoms with Crippen molar-refractivity contribution in [2.24, 2.45) is 35.0 Å². The van der Waals surface area contributed by atoms with Gasteiger partial charge in [-0.3, -0.25) is 0 Å². The van der Waals surface area contributed by atoms with Crippen LogP contribution in [0, 0.1) is 35.0 Å². The van der Waals surface area contributed by atoms with Crippen molar-refractivity contribution in [3.63, 3.8) is 0 Å². The van der Waals surface area contributed by atoms with Gasteiger partial charge in [0.1, 0.15) is 0 Å². The molecule has 0 aromatic carbocycles. The third kappa shape index (κ3) is 0.939. The van der Waals surface area contributed by atoms with Gasteiger partial charge in [-0.25, -0.2) is 0 Å². The zero-order chi connectivity index (χ0) is 11.3. The van der Waals surface area contributed by atoms with E-state index < -0.39 is 0 Å². The zero-order valence-corrected chi connectivity index (χ0v) is 11.0. The molecule has 16 heavy (non-hydrogen) atoms. The second kappa shape index (κ2) is 2.53. The van der Waals surface area contributed by atoms with Crippen molar-refractivity contribution in [3.05, 3.63) is 0 Å². The van der Waals surface area contributed by atoms with Crippen molar-refractivity contribution in [2.75, 3.05) is 0 Å². The Hall–Kier alpha value is -0.0400. The molecule has 1 heteroatoms. The van der Waals surface area contributed by atoms with Gasteiger partial charge in [0.2, 0.25) is 0 Å². The molecule has 90 valence electrons. The van der Waals surface area contributed by atoms with E-state index in [4.69, 9.17) is 4.74 Å². The van der Waals surface area contributed by atoms with Crippen molar-refractivity contribution in [3.8, 4) is 0 Å². The van der Waals surface area contributed by atoms with Gasteiger partial charge >= 0.3 is 0 Å². The fourth-order valence-electron chi connectivity index (χ4n) is 5.61. The molecule has 1 saturated heterocycles. The SMILES string of the molecule is CC1CCC2C1C1C(CC3OC32C)C1(C)C.